The van der Waals surface area contributed by atoms with Crippen LogP contribution in [0.15, 0.2) is 53.5 Å². The zero-order chi connectivity index (χ0) is 22.1. The van der Waals surface area contributed by atoms with Crippen LogP contribution in [-0.2, 0) is 6.42 Å². The highest BCUT2D eigenvalue weighted by atomic mass is 32.1. The number of aliphatic hydroxyl groups is 1. The molecule has 1 unspecified atom stereocenters. The number of para-hydroxylation sites is 1. The summed E-state index contributed by atoms with van der Waals surface area (Å²) >= 11 is 1.71. The van der Waals surface area contributed by atoms with Crippen LogP contribution >= 0.6 is 11.3 Å². The second-order valence-electron chi connectivity index (χ2n) is 6.79. The van der Waals surface area contributed by atoms with Crippen LogP contribution in [0.3, 0.4) is 0 Å². The molecule has 31 heavy (non-hydrogen) atoms. The molecule has 1 aromatic heterocycles. The summed E-state index contributed by atoms with van der Waals surface area (Å²) in [7, 11) is 0. The molecule has 0 fully saturated rings. The fourth-order valence-electron chi connectivity index (χ4n) is 2.97. The van der Waals surface area contributed by atoms with Gasteiger partial charge in [0, 0.05) is 19.5 Å². The lowest BCUT2D eigenvalue weighted by Crippen LogP contribution is -2.38. The number of ether oxygens (including phenoxy) is 1. The highest BCUT2D eigenvalue weighted by Crippen LogP contribution is 2.22. The van der Waals surface area contributed by atoms with Crippen LogP contribution in [0.25, 0.3) is 10.2 Å². The molecule has 0 saturated heterocycles. The van der Waals surface area contributed by atoms with Crippen molar-refractivity contribution in [1.29, 1.82) is 0 Å². The first-order chi connectivity index (χ1) is 15.0. The second-order valence-corrected chi connectivity index (χ2v) is 7.90. The number of thiazole rings is 1. The van der Waals surface area contributed by atoms with E-state index in [4.69, 9.17) is 0 Å². The molecule has 0 bridgehead atoms. The molecule has 6 nitrogen and oxygen atoms in total. The summed E-state index contributed by atoms with van der Waals surface area (Å²) < 4.78 is 30.0. The highest BCUT2D eigenvalue weighted by Gasteiger charge is 2.10. The molecular formula is C22H26F2N4O2S. The molecule has 0 aliphatic heterocycles. The summed E-state index contributed by atoms with van der Waals surface area (Å²) in [5, 5.41) is 17.9. The zero-order valence-electron chi connectivity index (χ0n) is 17.2. The van der Waals surface area contributed by atoms with E-state index in [-0.39, 0.29) is 12.3 Å². The van der Waals surface area contributed by atoms with Crippen LogP contribution in [-0.4, -0.2) is 42.3 Å². The Morgan fingerprint density at radius 2 is 1.94 bits per heavy atom. The van der Waals surface area contributed by atoms with Crippen molar-refractivity contribution in [2.24, 2.45) is 4.99 Å². The monoisotopic (exact) mass is 448 g/mol. The van der Waals surface area contributed by atoms with Crippen LogP contribution in [0.1, 0.15) is 30.0 Å². The zero-order valence-corrected chi connectivity index (χ0v) is 18.0. The largest absolute Gasteiger partial charge is 0.435 e. The van der Waals surface area contributed by atoms with Gasteiger partial charge in [-0.15, -0.1) is 11.3 Å². The Hall–Kier alpha value is -2.78. The van der Waals surface area contributed by atoms with E-state index in [1.807, 2.05) is 25.1 Å². The molecule has 0 aliphatic carbocycles. The minimum absolute atomic E-state index is 0.0533. The Labute approximate surface area is 184 Å². The minimum atomic E-state index is -2.87. The van der Waals surface area contributed by atoms with E-state index in [1.165, 1.54) is 16.8 Å². The van der Waals surface area contributed by atoms with E-state index < -0.39 is 12.7 Å². The van der Waals surface area contributed by atoms with Gasteiger partial charge in [-0.05, 0) is 43.2 Å². The van der Waals surface area contributed by atoms with Crippen LogP contribution in [0.5, 0.6) is 5.75 Å². The summed E-state index contributed by atoms with van der Waals surface area (Å²) in [4.78, 5) is 9.06. The van der Waals surface area contributed by atoms with Crippen LogP contribution < -0.4 is 15.4 Å². The topological polar surface area (TPSA) is 78.8 Å². The summed E-state index contributed by atoms with van der Waals surface area (Å²) in [6.45, 7) is 0.652. The number of alkyl halides is 2. The van der Waals surface area contributed by atoms with Gasteiger partial charge in [0.1, 0.15) is 5.75 Å². The number of fused-ring (bicyclic) bond motifs is 1. The predicted molar refractivity (Wildman–Crippen MR) is 120 cm³/mol. The van der Waals surface area contributed by atoms with Gasteiger partial charge in [-0.3, -0.25) is 4.99 Å². The van der Waals surface area contributed by atoms with Gasteiger partial charge in [0.25, 0.3) is 0 Å². The molecule has 9 heteroatoms. The normalized spacial score (nSPS) is 12.9. The van der Waals surface area contributed by atoms with E-state index in [2.05, 4.69) is 31.4 Å². The molecule has 0 radical (unpaired) electrons. The molecular weight excluding hydrogens is 422 g/mol. The smallest absolute Gasteiger partial charge is 0.387 e. The second kappa shape index (κ2) is 11.6. The molecule has 0 saturated carbocycles. The van der Waals surface area contributed by atoms with Crippen molar-refractivity contribution >= 4 is 27.5 Å². The summed E-state index contributed by atoms with van der Waals surface area (Å²) in [5.74, 6) is 0.668. The summed E-state index contributed by atoms with van der Waals surface area (Å²) in [6.07, 6.45) is 0.929. The third-order valence-electron chi connectivity index (χ3n) is 4.45. The minimum Gasteiger partial charge on any atom is -0.435 e. The predicted octanol–water partition coefficient (Wildman–Crippen LogP) is 4.12. The standard InChI is InChI=1S/C22H26F2N4O2S/c1-2-25-22(26-13-5-8-20-28-17-6-3-4-7-19(17)31-20)27-14-18(29)15-9-11-16(12-10-15)30-21(23)24/h3-4,6-7,9-12,18,21,29H,2,5,8,13-14H2,1H3,(H2,25,26,27). The number of aliphatic hydroxyl groups excluding tert-OH is 1. The van der Waals surface area contributed by atoms with Crippen molar-refractivity contribution < 1.29 is 18.6 Å². The fraction of sp³-hybridized carbons (Fsp3) is 0.364. The van der Waals surface area contributed by atoms with Crippen molar-refractivity contribution in [2.45, 2.75) is 32.5 Å². The van der Waals surface area contributed by atoms with Gasteiger partial charge in [0.2, 0.25) is 0 Å². The number of aliphatic imine (C=N–C) groups is 1. The molecule has 0 spiro atoms. The van der Waals surface area contributed by atoms with Gasteiger partial charge < -0.3 is 20.5 Å². The van der Waals surface area contributed by atoms with E-state index in [0.29, 0.717) is 18.1 Å². The van der Waals surface area contributed by atoms with Gasteiger partial charge in [-0.2, -0.15) is 8.78 Å². The van der Waals surface area contributed by atoms with E-state index in [1.54, 1.807) is 23.5 Å². The van der Waals surface area contributed by atoms with Gasteiger partial charge in [0.15, 0.2) is 5.96 Å². The van der Waals surface area contributed by atoms with Gasteiger partial charge in [-0.25, -0.2) is 4.98 Å². The van der Waals surface area contributed by atoms with Gasteiger partial charge in [-0.1, -0.05) is 24.3 Å². The molecule has 3 rings (SSSR count). The van der Waals surface area contributed by atoms with Crippen molar-refractivity contribution in [2.75, 3.05) is 19.6 Å². The lowest BCUT2D eigenvalue weighted by molar-refractivity contribution is -0.0498. The molecule has 3 aromatic rings. The third-order valence-corrected chi connectivity index (χ3v) is 5.55. The van der Waals surface area contributed by atoms with E-state index >= 15 is 0 Å². The number of rotatable bonds is 10. The molecule has 3 N–H and O–H groups in total. The van der Waals surface area contributed by atoms with Crippen LogP contribution in [0, 0.1) is 0 Å². The van der Waals surface area contributed by atoms with Crippen molar-refractivity contribution in [1.82, 2.24) is 15.6 Å². The summed E-state index contributed by atoms with van der Waals surface area (Å²) in [5.41, 5.74) is 1.62. The van der Waals surface area contributed by atoms with Crippen LogP contribution in [0.2, 0.25) is 0 Å². The molecule has 166 valence electrons. The van der Waals surface area contributed by atoms with Gasteiger partial charge >= 0.3 is 6.61 Å². The number of aromatic nitrogens is 1. The number of benzene rings is 2. The van der Waals surface area contributed by atoms with E-state index in [9.17, 15) is 13.9 Å². The average Bonchev–Trinajstić information content (AvgIpc) is 3.17. The Bertz CT molecular complexity index is 946. The maximum absolute atomic E-state index is 12.2. The molecule has 1 atom stereocenters. The molecule has 1 heterocycles. The molecule has 2 aromatic carbocycles. The lowest BCUT2D eigenvalue weighted by Gasteiger charge is -2.13. The number of nitrogens with zero attached hydrogens (tertiary/aromatic N) is 2. The van der Waals surface area contributed by atoms with Crippen molar-refractivity contribution in [3.05, 3.63) is 59.1 Å². The van der Waals surface area contributed by atoms with Crippen molar-refractivity contribution in [3.63, 3.8) is 0 Å². The Morgan fingerprint density at radius 1 is 1.16 bits per heavy atom. The Kier molecular flexibility index (Phi) is 8.54. The Balaban J connectivity index is 1.47. The third kappa shape index (κ3) is 7.15. The van der Waals surface area contributed by atoms with Gasteiger partial charge in [0.05, 0.1) is 27.9 Å². The number of aryl methyl sites for hydroxylation is 1. The highest BCUT2D eigenvalue weighted by molar-refractivity contribution is 7.18. The number of hydrogen-bond acceptors (Lipinski definition) is 5. The maximum Gasteiger partial charge on any atom is 0.387 e. The average molecular weight is 449 g/mol. The quantitative estimate of drug-likeness (QED) is 0.247. The molecule has 0 amide bonds. The lowest BCUT2D eigenvalue weighted by atomic mass is 10.1. The summed E-state index contributed by atoms with van der Waals surface area (Å²) in [6, 6.07) is 14.0. The van der Waals surface area contributed by atoms with Crippen LogP contribution in [0.4, 0.5) is 8.78 Å². The Morgan fingerprint density at radius 3 is 2.65 bits per heavy atom. The fourth-order valence-corrected chi connectivity index (χ4v) is 3.98. The first-order valence-corrected chi connectivity index (χ1v) is 11.0. The van der Waals surface area contributed by atoms with E-state index in [0.717, 1.165) is 29.9 Å². The number of halogens is 2. The number of nitrogens with one attached hydrogen (secondary N) is 2. The number of guanidine groups is 1. The number of hydrogen-bond donors (Lipinski definition) is 3. The first-order valence-electron chi connectivity index (χ1n) is 10.1. The van der Waals surface area contributed by atoms with Crippen molar-refractivity contribution in [3.8, 4) is 5.75 Å². The maximum atomic E-state index is 12.2. The molecule has 0 aliphatic rings. The SMILES string of the molecule is CCNC(=NCC(O)c1ccc(OC(F)F)cc1)NCCCc1nc2ccccc2s1. The first kappa shape index (κ1) is 22.9.